The predicted octanol–water partition coefficient (Wildman–Crippen LogP) is 5.73. The van der Waals surface area contributed by atoms with Gasteiger partial charge >= 0.3 is 0 Å². The van der Waals surface area contributed by atoms with E-state index in [-0.39, 0.29) is 5.78 Å². The van der Waals surface area contributed by atoms with Gasteiger partial charge < -0.3 is 0 Å². The second-order valence-electron chi connectivity index (χ2n) is 6.37. The number of carbonyl (C=O) groups excluding carboxylic acids is 1. The number of benzene rings is 3. The Morgan fingerprint density at radius 2 is 1.56 bits per heavy atom. The molecule has 4 rings (SSSR count). The van der Waals surface area contributed by atoms with E-state index in [1.165, 1.54) is 0 Å². The Morgan fingerprint density at radius 3 is 2.22 bits per heavy atom. The molecule has 0 fully saturated rings. The molecule has 1 heterocycles. The average Bonchev–Trinajstić information content (AvgIpc) is 3.14. The summed E-state index contributed by atoms with van der Waals surface area (Å²) in [5.74, 6) is -0.0496. The van der Waals surface area contributed by atoms with Crippen LogP contribution in [-0.4, -0.2) is 15.6 Å². The van der Waals surface area contributed by atoms with Crippen molar-refractivity contribution in [3.05, 3.63) is 107 Å². The first-order valence-electron chi connectivity index (χ1n) is 8.64. The largest absolute Gasteiger partial charge is 0.288 e. The average molecular weight is 373 g/mol. The fourth-order valence-corrected chi connectivity index (χ4v) is 3.06. The number of carbonyl (C=O) groups is 1. The van der Waals surface area contributed by atoms with Crippen molar-refractivity contribution in [1.29, 1.82) is 0 Å². The smallest absolute Gasteiger partial charge is 0.196 e. The summed E-state index contributed by atoms with van der Waals surface area (Å²) in [4.78, 5) is 13.1. The van der Waals surface area contributed by atoms with Gasteiger partial charge in [0.1, 0.15) is 5.69 Å². The van der Waals surface area contributed by atoms with Gasteiger partial charge in [-0.05, 0) is 31.2 Å². The molecule has 4 aromatic rings. The van der Waals surface area contributed by atoms with Crippen LogP contribution in [0.3, 0.4) is 0 Å². The second-order valence-corrected chi connectivity index (χ2v) is 6.81. The van der Waals surface area contributed by atoms with Gasteiger partial charge in [0.15, 0.2) is 5.78 Å². The molecule has 0 aliphatic heterocycles. The van der Waals surface area contributed by atoms with Crippen molar-refractivity contribution in [3.63, 3.8) is 0 Å². The highest BCUT2D eigenvalue weighted by molar-refractivity contribution is 6.30. The van der Waals surface area contributed by atoms with E-state index in [2.05, 4.69) is 0 Å². The summed E-state index contributed by atoms with van der Waals surface area (Å²) in [7, 11) is 0. The molecule has 0 spiro atoms. The third kappa shape index (κ3) is 3.55. The van der Waals surface area contributed by atoms with Crippen molar-refractivity contribution < 1.29 is 4.79 Å². The first kappa shape index (κ1) is 17.3. The van der Waals surface area contributed by atoms with Crippen LogP contribution >= 0.6 is 11.6 Å². The quantitative estimate of drug-likeness (QED) is 0.428. The number of ketones is 1. The minimum absolute atomic E-state index is 0.0496. The Hall–Kier alpha value is -3.17. The molecule has 27 heavy (non-hydrogen) atoms. The lowest BCUT2D eigenvalue weighted by atomic mass is 10.00. The summed E-state index contributed by atoms with van der Waals surface area (Å²) in [6, 6.07) is 24.7. The molecule has 0 bridgehead atoms. The van der Waals surface area contributed by atoms with E-state index in [0.717, 1.165) is 16.8 Å². The maximum Gasteiger partial charge on any atom is 0.196 e. The summed E-state index contributed by atoms with van der Waals surface area (Å²) in [5.41, 5.74) is 4.79. The van der Waals surface area contributed by atoms with Crippen LogP contribution in [0.2, 0.25) is 5.02 Å². The lowest BCUT2D eigenvalue weighted by Gasteiger charge is -2.03. The van der Waals surface area contributed by atoms with E-state index in [0.29, 0.717) is 21.8 Å². The topological polar surface area (TPSA) is 34.9 Å². The van der Waals surface area contributed by atoms with Crippen molar-refractivity contribution in [2.75, 3.05) is 0 Å². The molecule has 0 aliphatic carbocycles. The van der Waals surface area contributed by atoms with Crippen molar-refractivity contribution in [2.24, 2.45) is 0 Å². The Balaban J connectivity index is 1.86. The monoisotopic (exact) mass is 372 g/mol. The lowest BCUT2D eigenvalue weighted by molar-refractivity contribution is 0.103. The van der Waals surface area contributed by atoms with E-state index in [4.69, 9.17) is 16.7 Å². The number of hydrogen-bond acceptors (Lipinski definition) is 2. The molecule has 0 amide bonds. The van der Waals surface area contributed by atoms with Gasteiger partial charge in [-0.3, -0.25) is 4.79 Å². The molecule has 132 valence electrons. The molecular weight excluding hydrogens is 356 g/mol. The molecular formula is C23H17ClN2O. The normalized spacial score (nSPS) is 10.7. The van der Waals surface area contributed by atoms with Crippen LogP contribution in [-0.2, 0) is 0 Å². The van der Waals surface area contributed by atoms with Gasteiger partial charge in [-0.15, -0.1) is 0 Å². The predicted molar refractivity (Wildman–Crippen MR) is 109 cm³/mol. The zero-order valence-corrected chi connectivity index (χ0v) is 15.5. The SMILES string of the molecule is Cc1ccc(-c2nn(-c3ccc(Cl)cc3)cc2C(=O)c2ccccc2)cc1. The van der Waals surface area contributed by atoms with Crippen molar-refractivity contribution >= 4 is 17.4 Å². The molecule has 0 aliphatic rings. The molecule has 0 atom stereocenters. The van der Waals surface area contributed by atoms with E-state index in [9.17, 15) is 4.79 Å². The van der Waals surface area contributed by atoms with Gasteiger partial charge in [0, 0.05) is 22.3 Å². The Labute approximate surface area is 162 Å². The van der Waals surface area contributed by atoms with E-state index in [1.807, 2.05) is 85.8 Å². The first-order chi connectivity index (χ1) is 13.1. The summed E-state index contributed by atoms with van der Waals surface area (Å²) >= 11 is 5.99. The van der Waals surface area contributed by atoms with Gasteiger partial charge in [0.2, 0.25) is 0 Å². The van der Waals surface area contributed by atoms with Gasteiger partial charge in [-0.25, -0.2) is 4.68 Å². The van der Waals surface area contributed by atoms with E-state index < -0.39 is 0 Å². The Bertz CT molecular complexity index is 1080. The van der Waals surface area contributed by atoms with Crippen molar-refractivity contribution in [2.45, 2.75) is 6.92 Å². The summed E-state index contributed by atoms with van der Waals surface area (Å²) in [5, 5.41) is 5.37. The zero-order chi connectivity index (χ0) is 18.8. The fraction of sp³-hybridized carbons (Fsp3) is 0.0435. The summed E-state index contributed by atoms with van der Waals surface area (Å²) in [6.45, 7) is 2.03. The standard InChI is InChI=1S/C23H17ClN2O/c1-16-7-9-17(10-8-16)22-21(23(27)18-5-3-2-4-6-18)15-26(25-22)20-13-11-19(24)12-14-20/h2-15H,1H3. The highest BCUT2D eigenvalue weighted by Crippen LogP contribution is 2.26. The maximum absolute atomic E-state index is 13.1. The zero-order valence-electron chi connectivity index (χ0n) is 14.8. The summed E-state index contributed by atoms with van der Waals surface area (Å²) in [6.07, 6.45) is 1.79. The van der Waals surface area contributed by atoms with Crippen LogP contribution < -0.4 is 0 Å². The van der Waals surface area contributed by atoms with Crippen LogP contribution in [0.1, 0.15) is 21.5 Å². The van der Waals surface area contributed by atoms with Crippen molar-refractivity contribution in [3.8, 4) is 16.9 Å². The number of aromatic nitrogens is 2. The number of nitrogens with zero attached hydrogens (tertiary/aromatic N) is 2. The number of aryl methyl sites for hydroxylation is 1. The fourth-order valence-electron chi connectivity index (χ4n) is 2.94. The van der Waals surface area contributed by atoms with Crippen LogP contribution in [0, 0.1) is 6.92 Å². The molecule has 0 radical (unpaired) electrons. The number of halogens is 1. The van der Waals surface area contributed by atoms with Gasteiger partial charge in [-0.2, -0.15) is 5.10 Å². The van der Waals surface area contributed by atoms with Crippen LogP contribution in [0.25, 0.3) is 16.9 Å². The van der Waals surface area contributed by atoms with Crippen LogP contribution in [0.4, 0.5) is 0 Å². The molecule has 3 aromatic carbocycles. The minimum Gasteiger partial charge on any atom is -0.288 e. The third-order valence-electron chi connectivity index (χ3n) is 4.41. The van der Waals surface area contributed by atoms with Gasteiger partial charge in [0.25, 0.3) is 0 Å². The maximum atomic E-state index is 13.1. The number of rotatable bonds is 4. The first-order valence-corrected chi connectivity index (χ1v) is 9.02. The Morgan fingerprint density at radius 1 is 0.889 bits per heavy atom. The molecule has 0 N–H and O–H groups in total. The number of hydrogen-bond donors (Lipinski definition) is 0. The molecule has 0 saturated carbocycles. The second kappa shape index (κ2) is 7.22. The minimum atomic E-state index is -0.0496. The molecule has 0 unspecified atom stereocenters. The lowest BCUT2D eigenvalue weighted by Crippen LogP contribution is -2.01. The highest BCUT2D eigenvalue weighted by atomic mass is 35.5. The van der Waals surface area contributed by atoms with Crippen molar-refractivity contribution in [1.82, 2.24) is 9.78 Å². The van der Waals surface area contributed by atoms with E-state index in [1.54, 1.807) is 10.9 Å². The molecule has 4 heteroatoms. The van der Waals surface area contributed by atoms with Crippen LogP contribution in [0.5, 0.6) is 0 Å². The Kier molecular flexibility index (Phi) is 4.61. The van der Waals surface area contributed by atoms with Gasteiger partial charge in [-0.1, -0.05) is 71.8 Å². The highest BCUT2D eigenvalue weighted by Gasteiger charge is 2.19. The molecule has 3 nitrogen and oxygen atoms in total. The summed E-state index contributed by atoms with van der Waals surface area (Å²) < 4.78 is 1.72. The van der Waals surface area contributed by atoms with Crippen LogP contribution in [0.15, 0.2) is 85.1 Å². The third-order valence-corrected chi connectivity index (χ3v) is 4.66. The van der Waals surface area contributed by atoms with E-state index >= 15 is 0 Å². The molecule has 0 saturated heterocycles. The molecule has 1 aromatic heterocycles. The van der Waals surface area contributed by atoms with Gasteiger partial charge in [0.05, 0.1) is 11.3 Å².